The van der Waals surface area contributed by atoms with E-state index in [0.29, 0.717) is 6.61 Å². The van der Waals surface area contributed by atoms with Gasteiger partial charge in [-0.2, -0.15) is 0 Å². The molecule has 0 saturated heterocycles. The highest BCUT2D eigenvalue weighted by Gasteiger charge is 2.38. The van der Waals surface area contributed by atoms with Crippen molar-refractivity contribution in [1.29, 1.82) is 0 Å². The number of rotatable bonds is 9. The molecule has 0 bridgehead atoms. The SMILES string of the molecule is CC(C)(C)[Si](C)(C)OC[C@H](Br)[C@H](NS(=O)(=O)c1ccc([N+](=O)[O-])cc1)c1ccc2ccccc2c1. The van der Waals surface area contributed by atoms with Gasteiger partial charge in [0.25, 0.3) is 5.69 Å². The Hall–Kier alpha value is -2.11. The van der Waals surface area contributed by atoms with Crippen LogP contribution in [0, 0.1) is 10.1 Å². The van der Waals surface area contributed by atoms with Crippen LogP contribution in [0.25, 0.3) is 10.8 Å². The molecular weight excluding hydrogens is 548 g/mol. The van der Waals surface area contributed by atoms with Gasteiger partial charge in [0.05, 0.1) is 20.7 Å². The van der Waals surface area contributed by atoms with Crippen LogP contribution in [-0.2, 0) is 14.4 Å². The molecule has 188 valence electrons. The lowest BCUT2D eigenvalue weighted by Crippen LogP contribution is -2.44. The summed E-state index contributed by atoms with van der Waals surface area (Å²) in [5, 5.41) is 13.0. The average molecular weight is 580 g/mol. The van der Waals surface area contributed by atoms with Crippen LogP contribution in [0.5, 0.6) is 0 Å². The predicted octanol–water partition coefficient (Wildman–Crippen LogP) is 6.55. The van der Waals surface area contributed by atoms with E-state index < -0.39 is 29.3 Å². The Morgan fingerprint density at radius 2 is 1.63 bits per heavy atom. The van der Waals surface area contributed by atoms with Gasteiger partial charge < -0.3 is 4.43 Å². The number of nitrogens with one attached hydrogen (secondary N) is 1. The summed E-state index contributed by atoms with van der Waals surface area (Å²) in [6.07, 6.45) is 0. The molecule has 0 amide bonds. The topological polar surface area (TPSA) is 98.5 Å². The van der Waals surface area contributed by atoms with Crippen molar-refractivity contribution in [2.75, 3.05) is 6.61 Å². The number of nitro groups is 1. The van der Waals surface area contributed by atoms with E-state index in [9.17, 15) is 18.5 Å². The Morgan fingerprint density at radius 3 is 2.20 bits per heavy atom. The molecule has 0 fully saturated rings. The second-order valence-electron chi connectivity index (χ2n) is 10.0. The number of benzene rings is 3. The lowest BCUT2D eigenvalue weighted by Gasteiger charge is -2.37. The molecule has 0 saturated carbocycles. The molecule has 2 atom stereocenters. The highest BCUT2D eigenvalue weighted by molar-refractivity contribution is 9.09. The van der Waals surface area contributed by atoms with Crippen molar-refractivity contribution in [2.24, 2.45) is 0 Å². The fourth-order valence-corrected chi connectivity index (χ4v) is 6.62. The molecule has 3 aromatic carbocycles. The van der Waals surface area contributed by atoms with Gasteiger partial charge in [0.2, 0.25) is 10.0 Å². The molecular formula is C25H31BrN2O5SSi. The number of non-ortho nitro benzene ring substituents is 1. The lowest BCUT2D eigenvalue weighted by atomic mass is 10.0. The normalized spacial score (nSPS) is 14.6. The van der Waals surface area contributed by atoms with Gasteiger partial charge in [0, 0.05) is 18.7 Å². The van der Waals surface area contributed by atoms with E-state index in [1.807, 2.05) is 42.5 Å². The van der Waals surface area contributed by atoms with Crippen LogP contribution < -0.4 is 4.72 Å². The van der Waals surface area contributed by atoms with Crippen LogP contribution in [0.3, 0.4) is 0 Å². The van der Waals surface area contributed by atoms with Gasteiger partial charge in [-0.05, 0) is 52.7 Å². The molecule has 0 spiro atoms. The van der Waals surface area contributed by atoms with E-state index in [1.54, 1.807) is 0 Å². The molecule has 10 heteroatoms. The number of nitrogens with zero attached hydrogens (tertiary/aromatic N) is 1. The minimum Gasteiger partial charge on any atom is -0.416 e. The maximum Gasteiger partial charge on any atom is 0.269 e. The smallest absolute Gasteiger partial charge is 0.269 e. The monoisotopic (exact) mass is 578 g/mol. The number of hydrogen-bond acceptors (Lipinski definition) is 5. The summed E-state index contributed by atoms with van der Waals surface area (Å²) in [5.74, 6) is 0. The van der Waals surface area contributed by atoms with Crippen molar-refractivity contribution < 1.29 is 17.8 Å². The second-order valence-corrected chi connectivity index (χ2v) is 17.7. The van der Waals surface area contributed by atoms with Crippen molar-refractivity contribution in [1.82, 2.24) is 4.72 Å². The molecule has 1 N–H and O–H groups in total. The molecule has 0 aliphatic carbocycles. The summed E-state index contributed by atoms with van der Waals surface area (Å²) in [5.41, 5.74) is 0.617. The zero-order valence-corrected chi connectivity index (χ0v) is 23.9. The van der Waals surface area contributed by atoms with Crippen molar-refractivity contribution in [3.63, 3.8) is 0 Å². The zero-order chi connectivity index (χ0) is 26.0. The molecule has 7 nitrogen and oxygen atoms in total. The minimum absolute atomic E-state index is 0.0103. The van der Waals surface area contributed by atoms with Crippen LogP contribution in [0.1, 0.15) is 32.4 Å². The number of hydrogen-bond donors (Lipinski definition) is 1. The van der Waals surface area contributed by atoms with E-state index in [-0.39, 0.29) is 20.4 Å². The lowest BCUT2D eigenvalue weighted by molar-refractivity contribution is -0.384. The number of alkyl halides is 1. The average Bonchev–Trinajstić information content (AvgIpc) is 2.80. The van der Waals surface area contributed by atoms with Crippen molar-refractivity contribution in [3.05, 3.63) is 82.4 Å². The fourth-order valence-electron chi connectivity index (χ4n) is 3.33. The minimum atomic E-state index is -3.98. The summed E-state index contributed by atoms with van der Waals surface area (Å²) in [6, 6.07) is 17.9. The third kappa shape index (κ3) is 6.56. The Kier molecular flexibility index (Phi) is 8.22. The second kappa shape index (κ2) is 10.5. The molecule has 0 aromatic heterocycles. The number of sulfonamides is 1. The van der Waals surface area contributed by atoms with Gasteiger partial charge in [0.15, 0.2) is 8.32 Å². The molecule has 0 aliphatic rings. The van der Waals surface area contributed by atoms with E-state index in [1.165, 1.54) is 24.3 Å². The fraction of sp³-hybridized carbons (Fsp3) is 0.360. The predicted molar refractivity (Wildman–Crippen MR) is 146 cm³/mol. The van der Waals surface area contributed by atoms with Gasteiger partial charge in [-0.3, -0.25) is 10.1 Å². The third-order valence-corrected chi connectivity index (χ3v) is 13.3. The van der Waals surface area contributed by atoms with Gasteiger partial charge in [-0.25, -0.2) is 13.1 Å². The van der Waals surface area contributed by atoms with E-state index in [0.717, 1.165) is 16.3 Å². The largest absolute Gasteiger partial charge is 0.416 e. The number of nitro benzene ring substituents is 1. The Labute approximate surface area is 216 Å². The van der Waals surface area contributed by atoms with Crippen LogP contribution in [0.2, 0.25) is 18.1 Å². The molecule has 3 rings (SSSR count). The maximum atomic E-state index is 13.3. The molecule has 3 aromatic rings. The summed E-state index contributed by atoms with van der Waals surface area (Å²) in [7, 11) is -6.05. The summed E-state index contributed by atoms with van der Waals surface area (Å²) in [4.78, 5) is 10.0. The molecule has 0 aliphatic heterocycles. The van der Waals surface area contributed by atoms with Crippen LogP contribution in [0.4, 0.5) is 5.69 Å². The van der Waals surface area contributed by atoms with Crippen molar-refractivity contribution in [2.45, 2.75) is 54.7 Å². The summed E-state index contributed by atoms with van der Waals surface area (Å²) >= 11 is 3.70. The maximum absolute atomic E-state index is 13.3. The van der Waals surface area contributed by atoms with Crippen molar-refractivity contribution >= 4 is 50.7 Å². The molecule has 35 heavy (non-hydrogen) atoms. The van der Waals surface area contributed by atoms with Crippen molar-refractivity contribution in [3.8, 4) is 0 Å². The Bertz CT molecular complexity index is 1310. The van der Waals surface area contributed by atoms with Gasteiger partial charge in [-0.1, -0.05) is 73.1 Å². The number of fused-ring (bicyclic) bond motifs is 1. The quantitative estimate of drug-likeness (QED) is 0.134. The first-order valence-electron chi connectivity index (χ1n) is 11.2. The molecule has 0 unspecified atom stereocenters. The van der Waals surface area contributed by atoms with Gasteiger partial charge >= 0.3 is 0 Å². The Balaban J connectivity index is 1.95. The summed E-state index contributed by atoms with van der Waals surface area (Å²) in [6.45, 7) is 11.1. The zero-order valence-electron chi connectivity index (χ0n) is 20.5. The highest BCUT2D eigenvalue weighted by atomic mass is 79.9. The van der Waals surface area contributed by atoms with E-state index in [2.05, 4.69) is 54.5 Å². The number of halogens is 1. The Morgan fingerprint density at radius 1 is 1.03 bits per heavy atom. The van der Waals surface area contributed by atoms with Crippen LogP contribution in [0.15, 0.2) is 71.6 Å². The summed E-state index contributed by atoms with van der Waals surface area (Å²) < 4.78 is 35.8. The highest BCUT2D eigenvalue weighted by Crippen LogP contribution is 2.38. The standard InChI is InChI=1S/C25H31BrN2O5SSi/c1-25(2,3)35(4,5)33-17-23(26)24(20-11-10-18-8-6-7-9-19(18)16-20)27-34(31,32)22-14-12-21(13-15-22)28(29)30/h6-16,23-24,27H,17H2,1-5H3/t23-,24+/m0/s1. The molecule has 0 radical (unpaired) electrons. The first-order chi connectivity index (χ1) is 16.2. The van der Waals surface area contributed by atoms with E-state index in [4.69, 9.17) is 4.43 Å². The third-order valence-electron chi connectivity index (χ3n) is 6.54. The van der Waals surface area contributed by atoms with Crippen LogP contribution in [-0.4, -0.2) is 33.1 Å². The first-order valence-corrected chi connectivity index (χ1v) is 16.6. The van der Waals surface area contributed by atoms with Gasteiger partial charge in [-0.15, -0.1) is 0 Å². The molecule has 0 heterocycles. The van der Waals surface area contributed by atoms with E-state index >= 15 is 0 Å². The van der Waals surface area contributed by atoms with Crippen LogP contribution >= 0.6 is 15.9 Å². The first kappa shape index (κ1) is 27.5. The van der Waals surface area contributed by atoms with Gasteiger partial charge in [0.1, 0.15) is 0 Å².